The number of fused-ring (bicyclic) bond motifs is 5. The van der Waals surface area contributed by atoms with Gasteiger partial charge in [0.15, 0.2) is 0 Å². The minimum absolute atomic E-state index is 0.0375. The summed E-state index contributed by atoms with van der Waals surface area (Å²) >= 11 is 0. The number of benzene rings is 6. The summed E-state index contributed by atoms with van der Waals surface area (Å²) in [5.41, 5.74) is 8.57. The van der Waals surface area contributed by atoms with Crippen LogP contribution < -0.4 is 4.74 Å². The molecule has 0 N–H and O–H groups in total. The molecule has 6 aromatic carbocycles. The highest BCUT2D eigenvalue weighted by Crippen LogP contribution is 2.49. The number of ether oxygens (including phenoxy) is 1. The van der Waals surface area contributed by atoms with Gasteiger partial charge in [0.2, 0.25) is 0 Å². The zero-order valence-electron chi connectivity index (χ0n) is 22.3. The van der Waals surface area contributed by atoms with Crippen molar-refractivity contribution in [2.45, 2.75) is 18.4 Å². The Hall–Kier alpha value is -4.88. The van der Waals surface area contributed by atoms with E-state index in [1.165, 1.54) is 60.5 Å². The highest BCUT2D eigenvalue weighted by atomic mass is 16.5. The largest absolute Gasteiger partial charge is 0.485 e. The van der Waals surface area contributed by atoms with Gasteiger partial charge in [0.1, 0.15) is 11.9 Å². The lowest BCUT2D eigenvalue weighted by Gasteiger charge is -2.27. The van der Waals surface area contributed by atoms with Crippen molar-refractivity contribution in [1.29, 1.82) is 0 Å². The number of rotatable bonds is 3. The van der Waals surface area contributed by atoms with E-state index >= 15 is 0 Å². The molecule has 0 fully saturated rings. The van der Waals surface area contributed by atoms with E-state index in [0.717, 1.165) is 5.75 Å². The zero-order chi connectivity index (χ0) is 26.7. The summed E-state index contributed by atoms with van der Waals surface area (Å²) in [6.45, 7) is 2.28. The third kappa shape index (κ3) is 3.41. The maximum absolute atomic E-state index is 6.37. The molecule has 1 heteroatoms. The summed E-state index contributed by atoms with van der Waals surface area (Å²) < 4.78 is 6.37. The fourth-order valence-electron chi connectivity index (χ4n) is 6.70. The van der Waals surface area contributed by atoms with Gasteiger partial charge in [-0.05, 0) is 86.1 Å². The average molecular weight is 513 g/mol. The van der Waals surface area contributed by atoms with E-state index < -0.39 is 0 Å². The quantitative estimate of drug-likeness (QED) is 0.214. The Labute approximate surface area is 234 Å². The van der Waals surface area contributed by atoms with E-state index in [0.29, 0.717) is 0 Å². The minimum Gasteiger partial charge on any atom is -0.485 e. The molecule has 6 aromatic rings. The first kappa shape index (κ1) is 23.0. The van der Waals surface area contributed by atoms with Gasteiger partial charge in [0, 0.05) is 5.56 Å². The minimum atomic E-state index is -0.163. The van der Waals surface area contributed by atoms with Crippen LogP contribution in [0.5, 0.6) is 5.75 Å². The maximum Gasteiger partial charge on any atom is 0.130 e. The topological polar surface area (TPSA) is 9.23 Å². The molecular weight excluding hydrogens is 484 g/mol. The Balaban J connectivity index is 1.39. The van der Waals surface area contributed by atoms with Crippen LogP contribution in [0.4, 0.5) is 0 Å². The molecule has 0 aromatic heterocycles. The molecule has 2 aliphatic rings. The lowest BCUT2D eigenvalue weighted by atomic mass is 9.75. The van der Waals surface area contributed by atoms with Gasteiger partial charge in [-0.15, -0.1) is 0 Å². The molecule has 2 unspecified atom stereocenters. The molecule has 1 heterocycles. The molecule has 8 rings (SSSR count). The first-order chi connectivity index (χ1) is 19.7. The van der Waals surface area contributed by atoms with Crippen molar-refractivity contribution in [2.24, 2.45) is 0 Å². The molecule has 0 radical (unpaired) electrons. The monoisotopic (exact) mass is 512 g/mol. The van der Waals surface area contributed by atoms with Crippen LogP contribution in [0.1, 0.15) is 12.5 Å². The molecule has 190 valence electrons. The summed E-state index contributed by atoms with van der Waals surface area (Å²) in [6, 6.07) is 44.1. The zero-order valence-corrected chi connectivity index (χ0v) is 22.3. The Morgan fingerprint density at radius 2 is 1.10 bits per heavy atom. The summed E-state index contributed by atoms with van der Waals surface area (Å²) in [7, 11) is 0. The lowest BCUT2D eigenvalue weighted by molar-refractivity contribution is 0.228. The molecule has 0 spiro atoms. The van der Waals surface area contributed by atoms with Gasteiger partial charge < -0.3 is 4.74 Å². The van der Waals surface area contributed by atoms with Crippen LogP contribution in [0, 0.1) is 0 Å². The van der Waals surface area contributed by atoms with Gasteiger partial charge in [-0.25, -0.2) is 0 Å². The Kier molecular flexibility index (Phi) is 5.09. The van der Waals surface area contributed by atoms with Crippen LogP contribution in [0.2, 0.25) is 0 Å². The van der Waals surface area contributed by atoms with Gasteiger partial charge in [-0.2, -0.15) is 0 Å². The van der Waals surface area contributed by atoms with Gasteiger partial charge in [-0.3, -0.25) is 0 Å². The summed E-state index contributed by atoms with van der Waals surface area (Å²) in [5.74, 6) is 0.982. The standard InChI is InChI=1S/C39H28O/c1-39-23-10-9-20-36(39)40-35-22-21-29(25-34(35)39)38-32-18-7-5-16-30(32)37(31-17-6-8-19-33(31)38)28-15-11-14-27(24-28)26-12-3-2-4-13-26/h2-25,36H,1H3. The van der Waals surface area contributed by atoms with Gasteiger partial charge in [-0.1, -0.05) is 121 Å². The third-order valence-corrected chi connectivity index (χ3v) is 8.72. The number of hydrogen-bond donors (Lipinski definition) is 0. The summed E-state index contributed by atoms with van der Waals surface area (Å²) in [6.07, 6.45) is 8.72. The smallest absolute Gasteiger partial charge is 0.130 e. The van der Waals surface area contributed by atoms with Crippen molar-refractivity contribution < 1.29 is 4.74 Å². The van der Waals surface area contributed by atoms with Crippen molar-refractivity contribution in [3.8, 4) is 39.1 Å². The van der Waals surface area contributed by atoms with E-state index in [9.17, 15) is 0 Å². The van der Waals surface area contributed by atoms with E-state index in [1.54, 1.807) is 0 Å². The molecular formula is C39H28O. The average Bonchev–Trinajstić information content (AvgIpc) is 3.32. The summed E-state index contributed by atoms with van der Waals surface area (Å²) in [4.78, 5) is 0. The highest BCUT2D eigenvalue weighted by molar-refractivity contribution is 6.21. The molecule has 2 atom stereocenters. The second kappa shape index (κ2) is 8.83. The van der Waals surface area contributed by atoms with Crippen LogP contribution in [0.3, 0.4) is 0 Å². The van der Waals surface area contributed by atoms with Crippen LogP contribution in [-0.2, 0) is 5.41 Å². The van der Waals surface area contributed by atoms with Crippen LogP contribution in [0.15, 0.2) is 146 Å². The van der Waals surface area contributed by atoms with Crippen LogP contribution >= 0.6 is 0 Å². The first-order valence-corrected chi connectivity index (χ1v) is 14.0. The fraction of sp³-hybridized carbons (Fsp3) is 0.0769. The molecule has 1 aliphatic carbocycles. The second-order valence-electron chi connectivity index (χ2n) is 11.1. The Morgan fingerprint density at radius 3 is 1.77 bits per heavy atom. The van der Waals surface area contributed by atoms with Crippen molar-refractivity contribution >= 4 is 21.5 Å². The van der Waals surface area contributed by atoms with Gasteiger partial charge in [0.05, 0.1) is 5.41 Å². The number of hydrogen-bond acceptors (Lipinski definition) is 1. The van der Waals surface area contributed by atoms with Gasteiger partial charge >= 0.3 is 0 Å². The van der Waals surface area contributed by atoms with E-state index in [-0.39, 0.29) is 11.5 Å². The van der Waals surface area contributed by atoms with E-state index in [4.69, 9.17) is 4.74 Å². The van der Waals surface area contributed by atoms with E-state index in [1.807, 2.05) is 0 Å². The third-order valence-electron chi connectivity index (χ3n) is 8.72. The molecule has 0 amide bonds. The SMILES string of the molecule is CC12C=CC=CC1Oc1ccc(-c3c4ccccc4c(-c4cccc(-c5ccccc5)c4)c4ccccc34)cc12. The van der Waals surface area contributed by atoms with Crippen LogP contribution in [0.25, 0.3) is 54.9 Å². The van der Waals surface area contributed by atoms with Crippen LogP contribution in [-0.4, -0.2) is 6.10 Å². The predicted molar refractivity (Wildman–Crippen MR) is 168 cm³/mol. The fourth-order valence-corrected chi connectivity index (χ4v) is 6.70. The molecule has 1 nitrogen and oxygen atoms in total. The van der Waals surface area contributed by atoms with Crippen molar-refractivity contribution in [2.75, 3.05) is 0 Å². The van der Waals surface area contributed by atoms with Crippen molar-refractivity contribution in [3.63, 3.8) is 0 Å². The second-order valence-corrected chi connectivity index (χ2v) is 11.1. The molecule has 40 heavy (non-hydrogen) atoms. The molecule has 1 aliphatic heterocycles. The normalized spacial score (nSPS) is 19.0. The number of allylic oxidation sites excluding steroid dienone is 2. The van der Waals surface area contributed by atoms with Crippen molar-refractivity contribution in [1.82, 2.24) is 0 Å². The van der Waals surface area contributed by atoms with Gasteiger partial charge in [0.25, 0.3) is 0 Å². The highest BCUT2D eigenvalue weighted by Gasteiger charge is 2.43. The maximum atomic E-state index is 6.37. The molecule has 0 saturated carbocycles. The lowest BCUT2D eigenvalue weighted by Crippen LogP contribution is -2.32. The predicted octanol–water partition coefficient (Wildman–Crippen LogP) is 10.1. The van der Waals surface area contributed by atoms with E-state index in [2.05, 4.69) is 153 Å². The first-order valence-electron chi connectivity index (χ1n) is 14.0. The Morgan fingerprint density at radius 1 is 0.525 bits per heavy atom. The van der Waals surface area contributed by atoms with Crippen molar-refractivity contribution in [3.05, 3.63) is 151 Å². The molecule has 0 saturated heterocycles. The Bertz CT molecular complexity index is 1940. The summed E-state index contributed by atoms with van der Waals surface area (Å²) in [5, 5.41) is 5.06. The molecule has 0 bridgehead atoms.